The Bertz CT molecular complexity index is 1370. The monoisotopic (exact) mass is 510 g/mol. The van der Waals surface area contributed by atoms with Crippen molar-refractivity contribution in [1.29, 1.82) is 0 Å². The van der Waals surface area contributed by atoms with Crippen LogP contribution in [0.3, 0.4) is 0 Å². The first-order valence-corrected chi connectivity index (χ1v) is 13.1. The molecule has 1 amide bonds. The second-order valence-corrected chi connectivity index (χ2v) is 10.1. The van der Waals surface area contributed by atoms with Crippen LogP contribution in [0.15, 0.2) is 35.1 Å². The number of rotatable bonds is 6. The van der Waals surface area contributed by atoms with Gasteiger partial charge in [-0.15, -0.1) is 5.10 Å². The van der Waals surface area contributed by atoms with Gasteiger partial charge in [0, 0.05) is 30.3 Å². The molecule has 2 aromatic carbocycles. The third-order valence-electron chi connectivity index (χ3n) is 7.64. The summed E-state index contributed by atoms with van der Waals surface area (Å²) in [7, 11) is 0. The fourth-order valence-corrected chi connectivity index (χ4v) is 5.37. The summed E-state index contributed by atoms with van der Waals surface area (Å²) in [6, 6.07) is 6.86. The summed E-state index contributed by atoms with van der Waals surface area (Å²) in [5, 5.41) is 7.07. The Morgan fingerprint density at radius 3 is 2.65 bits per heavy atom. The molecule has 9 heteroatoms. The number of amides is 1. The number of halogens is 2. The first-order chi connectivity index (χ1) is 17.8. The Morgan fingerprint density at radius 2 is 1.89 bits per heavy atom. The van der Waals surface area contributed by atoms with Crippen molar-refractivity contribution in [2.75, 3.05) is 5.32 Å². The molecule has 1 N–H and O–H groups in total. The smallest absolute Gasteiger partial charge is 0.350 e. The van der Waals surface area contributed by atoms with Crippen LogP contribution in [0.4, 0.5) is 14.5 Å². The van der Waals surface area contributed by atoms with Gasteiger partial charge in [0.2, 0.25) is 0 Å². The summed E-state index contributed by atoms with van der Waals surface area (Å²) >= 11 is 0. The molecular weight excluding hydrogens is 478 g/mol. The van der Waals surface area contributed by atoms with Gasteiger partial charge in [-0.05, 0) is 63.6 Å². The Kier molecular flexibility index (Phi) is 7.13. The Morgan fingerprint density at radius 1 is 1.11 bits per heavy atom. The largest absolute Gasteiger partial charge is 0.490 e. The first-order valence-electron chi connectivity index (χ1n) is 13.1. The van der Waals surface area contributed by atoms with E-state index in [4.69, 9.17) is 4.74 Å². The second kappa shape index (κ2) is 10.5. The highest BCUT2D eigenvalue weighted by molar-refractivity contribution is 6.06. The van der Waals surface area contributed by atoms with E-state index in [2.05, 4.69) is 10.4 Å². The normalized spacial score (nSPS) is 16.8. The maximum atomic E-state index is 15.5. The summed E-state index contributed by atoms with van der Waals surface area (Å²) < 4.78 is 38.5. The van der Waals surface area contributed by atoms with Crippen LogP contribution in [0.25, 0.3) is 5.69 Å². The van der Waals surface area contributed by atoms with Gasteiger partial charge in [0.05, 0.1) is 11.7 Å². The number of carbonyl (C=O) groups excluding carboxylic acids is 1. The average molecular weight is 511 g/mol. The zero-order valence-corrected chi connectivity index (χ0v) is 21.2. The van der Waals surface area contributed by atoms with Gasteiger partial charge in [-0.1, -0.05) is 25.3 Å². The molecule has 1 aliphatic carbocycles. The molecule has 1 aromatic heterocycles. The number of ether oxygens (including phenoxy) is 1. The van der Waals surface area contributed by atoms with Crippen LogP contribution in [-0.2, 0) is 13.0 Å². The SMILES string of the molecule is Cc1c(F)cccc1NC(=O)c1cc(F)c(-n2nc3n(c2=O)CCCC3)cc1OC(C)C1CCCCC1. The van der Waals surface area contributed by atoms with Crippen LogP contribution in [0.2, 0.25) is 0 Å². The summed E-state index contributed by atoms with van der Waals surface area (Å²) in [5.41, 5.74) is 0.0770. The minimum atomic E-state index is -0.767. The van der Waals surface area contributed by atoms with Gasteiger partial charge < -0.3 is 10.1 Å². The van der Waals surface area contributed by atoms with Gasteiger partial charge in [0.15, 0.2) is 0 Å². The molecule has 0 spiro atoms. The highest BCUT2D eigenvalue weighted by atomic mass is 19.1. The lowest BCUT2D eigenvalue weighted by atomic mass is 9.86. The predicted molar refractivity (Wildman–Crippen MR) is 136 cm³/mol. The minimum Gasteiger partial charge on any atom is -0.490 e. The van der Waals surface area contributed by atoms with Crippen molar-refractivity contribution >= 4 is 11.6 Å². The van der Waals surface area contributed by atoms with E-state index in [1.54, 1.807) is 17.6 Å². The molecule has 2 aliphatic rings. The number of benzene rings is 2. The lowest BCUT2D eigenvalue weighted by molar-refractivity contribution is 0.0997. The molecule has 196 valence electrons. The van der Waals surface area contributed by atoms with Crippen LogP contribution in [0.1, 0.15) is 73.6 Å². The van der Waals surface area contributed by atoms with Gasteiger partial charge in [0.25, 0.3) is 5.91 Å². The summed E-state index contributed by atoms with van der Waals surface area (Å²) in [6.07, 6.45) is 7.70. The Hall–Kier alpha value is -3.49. The topological polar surface area (TPSA) is 78.2 Å². The lowest BCUT2D eigenvalue weighted by Gasteiger charge is -2.29. The minimum absolute atomic E-state index is 0.0235. The molecule has 1 fully saturated rings. The molecular formula is C28H32F2N4O3. The Labute approximate surface area is 214 Å². The fourth-order valence-electron chi connectivity index (χ4n) is 5.37. The number of aryl methyl sites for hydroxylation is 1. The van der Waals surface area contributed by atoms with E-state index in [-0.39, 0.29) is 28.7 Å². The van der Waals surface area contributed by atoms with E-state index in [0.29, 0.717) is 30.4 Å². The van der Waals surface area contributed by atoms with E-state index >= 15 is 4.39 Å². The molecule has 1 atom stereocenters. The molecule has 1 unspecified atom stereocenters. The Balaban J connectivity index is 1.54. The molecule has 3 aromatic rings. The van der Waals surface area contributed by atoms with Crippen LogP contribution in [0, 0.1) is 24.5 Å². The van der Waals surface area contributed by atoms with E-state index < -0.39 is 23.2 Å². The average Bonchev–Trinajstić information content (AvgIpc) is 3.24. The second-order valence-electron chi connectivity index (χ2n) is 10.1. The predicted octanol–water partition coefficient (Wildman–Crippen LogP) is 5.56. The van der Waals surface area contributed by atoms with Gasteiger partial charge in [0.1, 0.15) is 28.9 Å². The molecule has 0 bridgehead atoms. The molecule has 7 nitrogen and oxygen atoms in total. The van der Waals surface area contributed by atoms with Crippen molar-refractivity contribution in [2.24, 2.45) is 5.92 Å². The van der Waals surface area contributed by atoms with E-state index in [0.717, 1.165) is 49.3 Å². The number of fused-ring (bicyclic) bond motifs is 1. The highest BCUT2D eigenvalue weighted by Crippen LogP contribution is 2.32. The lowest BCUT2D eigenvalue weighted by Crippen LogP contribution is -2.28. The number of aromatic nitrogens is 3. The number of hydrogen-bond acceptors (Lipinski definition) is 4. The summed E-state index contributed by atoms with van der Waals surface area (Å²) in [4.78, 5) is 26.3. The molecule has 37 heavy (non-hydrogen) atoms. The molecule has 0 radical (unpaired) electrons. The number of hydrogen-bond donors (Lipinski definition) is 1. The van der Waals surface area contributed by atoms with Crippen LogP contribution in [-0.4, -0.2) is 26.4 Å². The van der Waals surface area contributed by atoms with Crippen LogP contribution in [0.5, 0.6) is 5.75 Å². The van der Waals surface area contributed by atoms with E-state index in [1.807, 2.05) is 6.92 Å². The molecule has 1 saturated carbocycles. The molecule has 0 saturated heterocycles. The number of carbonyl (C=O) groups is 1. The van der Waals surface area contributed by atoms with Gasteiger partial charge >= 0.3 is 5.69 Å². The van der Waals surface area contributed by atoms with Crippen molar-refractivity contribution in [3.63, 3.8) is 0 Å². The van der Waals surface area contributed by atoms with Crippen molar-refractivity contribution in [2.45, 2.75) is 77.9 Å². The quantitative estimate of drug-likeness (QED) is 0.471. The summed E-state index contributed by atoms with van der Waals surface area (Å²) in [6.45, 7) is 4.06. The van der Waals surface area contributed by atoms with Gasteiger partial charge in [-0.3, -0.25) is 9.36 Å². The van der Waals surface area contributed by atoms with Crippen molar-refractivity contribution in [3.8, 4) is 11.4 Å². The van der Waals surface area contributed by atoms with Crippen molar-refractivity contribution in [3.05, 3.63) is 69.4 Å². The van der Waals surface area contributed by atoms with Crippen molar-refractivity contribution < 1.29 is 18.3 Å². The van der Waals surface area contributed by atoms with Crippen LogP contribution < -0.4 is 15.7 Å². The van der Waals surface area contributed by atoms with Crippen molar-refractivity contribution in [1.82, 2.24) is 14.3 Å². The maximum Gasteiger partial charge on any atom is 0.350 e. The number of anilines is 1. The number of nitrogens with one attached hydrogen (secondary N) is 1. The maximum absolute atomic E-state index is 15.5. The zero-order chi connectivity index (χ0) is 26.1. The molecule has 1 aliphatic heterocycles. The van der Waals surface area contributed by atoms with E-state index in [1.165, 1.54) is 24.6 Å². The standard InChI is InChI=1S/C28H32F2N4O3/c1-17-21(29)11-8-12-23(17)31-27(35)20-15-22(30)24(34-28(36)33-14-7-6-13-26(33)32-34)16-25(20)37-18(2)19-9-4-3-5-10-19/h8,11-12,15-16,18-19H,3-7,9-10,13-14H2,1-2H3,(H,31,35). The van der Waals surface area contributed by atoms with Gasteiger partial charge in [-0.25, -0.2) is 13.6 Å². The molecule has 2 heterocycles. The summed E-state index contributed by atoms with van der Waals surface area (Å²) in [5.74, 6) is -0.745. The third-order valence-corrected chi connectivity index (χ3v) is 7.64. The first kappa shape index (κ1) is 25.2. The van der Waals surface area contributed by atoms with Gasteiger partial charge in [-0.2, -0.15) is 4.68 Å². The molecule has 5 rings (SSSR count). The fraction of sp³-hybridized carbons (Fsp3) is 0.464. The highest BCUT2D eigenvalue weighted by Gasteiger charge is 2.27. The third kappa shape index (κ3) is 5.04. The number of nitrogens with zero attached hydrogens (tertiary/aromatic N) is 3. The van der Waals surface area contributed by atoms with Crippen LogP contribution >= 0.6 is 0 Å². The zero-order valence-electron chi connectivity index (χ0n) is 21.2. The van der Waals surface area contributed by atoms with E-state index in [9.17, 15) is 14.0 Å².